The van der Waals surface area contributed by atoms with Crippen molar-refractivity contribution < 1.29 is 0 Å². The lowest BCUT2D eigenvalue weighted by Gasteiger charge is -2.16. The average molecular weight is 197 g/mol. The molecule has 1 aromatic heterocycles. The SMILES string of the molecule is Cc1cc(N)n(C2CCSC2C)n1. The van der Waals surface area contributed by atoms with Crippen LogP contribution < -0.4 is 5.73 Å². The summed E-state index contributed by atoms with van der Waals surface area (Å²) in [5, 5.41) is 5.06. The minimum atomic E-state index is 0.499. The molecule has 2 heterocycles. The smallest absolute Gasteiger partial charge is 0.122 e. The van der Waals surface area contributed by atoms with Crippen LogP contribution in [0, 0.1) is 6.92 Å². The molecule has 2 unspecified atom stereocenters. The van der Waals surface area contributed by atoms with E-state index in [0.29, 0.717) is 11.3 Å². The highest BCUT2D eigenvalue weighted by molar-refractivity contribution is 8.00. The molecule has 0 radical (unpaired) electrons. The van der Waals surface area contributed by atoms with Crippen LogP contribution in [0.1, 0.15) is 25.1 Å². The van der Waals surface area contributed by atoms with Gasteiger partial charge in [-0.15, -0.1) is 0 Å². The molecule has 0 bridgehead atoms. The second kappa shape index (κ2) is 3.25. The zero-order valence-corrected chi connectivity index (χ0v) is 8.84. The Kier molecular flexibility index (Phi) is 2.24. The van der Waals surface area contributed by atoms with Crippen LogP contribution in [0.2, 0.25) is 0 Å². The van der Waals surface area contributed by atoms with E-state index in [1.54, 1.807) is 0 Å². The molecular weight excluding hydrogens is 182 g/mol. The van der Waals surface area contributed by atoms with Gasteiger partial charge in [0.25, 0.3) is 0 Å². The summed E-state index contributed by atoms with van der Waals surface area (Å²) in [5.74, 6) is 2.03. The Morgan fingerprint density at radius 1 is 1.69 bits per heavy atom. The third-order valence-corrected chi connectivity index (χ3v) is 3.85. The minimum absolute atomic E-state index is 0.499. The third-order valence-electron chi connectivity index (χ3n) is 2.54. The molecule has 1 aliphatic heterocycles. The molecule has 0 saturated carbocycles. The number of hydrogen-bond donors (Lipinski definition) is 1. The fraction of sp³-hybridized carbons (Fsp3) is 0.667. The quantitative estimate of drug-likeness (QED) is 0.747. The molecule has 0 aromatic carbocycles. The molecule has 0 aliphatic carbocycles. The predicted molar refractivity (Wildman–Crippen MR) is 57.0 cm³/mol. The first-order valence-electron chi connectivity index (χ1n) is 4.61. The van der Waals surface area contributed by atoms with E-state index in [1.807, 2.05) is 29.4 Å². The van der Waals surface area contributed by atoms with Crippen molar-refractivity contribution >= 4 is 17.6 Å². The molecule has 1 aromatic rings. The standard InChI is InChI=1S/C9H15N3S/c1-6-5-9(10)12(11-6)8-3-4-13-7(8)2/h5,7-8H,3-4,10H2,1-2H3. The lowest BCUT2D eigenvalue weighted by molar-refractivity contribution is 0.461. The van der Waals surface area contributed by atoms with Crippen molar-refractivity contribution in [1.29, 1.82) is 0 Å². The van der Waals surface area contributed by atoms with E-state index >= 15 is 0 Å². The summed E-state index contributed by atoms with van der Waals surface area (Å²) in [5.41, 5.74) is 6.89. The van der Waals surface area contributed by atoms with Gasteiger partial charge in [0.05, 0.1) is 11.7 Å². The Hall–Kier alpha value is -0.640. The highest BCUT2D eigenvalue weighted by Crippen LogP contribution is 2.36. The fourth-order valence-electron chi connectivity index (χ4n) is 1.84. The van der Waals surface area contributed by atoms with Gasteiger partial charge in [0, 0.05) is 11.3 Å². The van der Waals surface area contributed by atoms with Gasteiger partial charge >= 0.3 is 0 Å². The predicted octanol–water partition coefficient (Wildman–Crippen LogP) is 1.84. The zero-order chi connectivity index (χ0) is 9.42. The van der Waals surface area contributed by atoms with Gasteiger partial charge in [0.1, 0.15) is 5.82 Å². The number of aromatic nitrogens is 2. The third kappa shape index (κ3) is 1.55. The molecule has 1 fully saturated rings. The first kappa shape index (κ1) is 8.94. The maximum atomic E-state index is 5.87. The summed E-state index contributed by atoms with van der Waals surface area (Å²) < 4.78 is 1.99. The Morgan fingerprint density at radius 3 is 2.92 bits per heavy atom. The van der Waals surface area contributed by atoms with Crippen molar-refractivity contribution in [1.82, 2.24) is 9.78 Å². The van der Waals surface area contributed by atoms with E-state index in [9.17, 15) is 0 Å². The second-order valence-corrected chi connectivity index (χ2v) is 5.07. The van der Waals surface area contributed by atoms with E-state index in [2.05, 4.69) is 12.0 Å². The lowest BCUT2D eigenvalue weighted by Crippen LogP contribution is -2.17. The number of aryl methyl sites for hydroxylation is 1. The van der Waals surface area contributed by atoms with E-state index in [0.717, 1.165) is 11.5 Å². The van der Waals surface area contributed by atoms with E-state index in [-0.39, 0.29) is 0 Å². The van der Waals surface area contributed by atoms with Crippen LogP contribution in [-0.2, 0) is 0 Å². The Bertz CT molecular complexity index is 308. The Balaban J connectivity index is 2.28. The summed E-state index contributed by atoms with van der Waals surface area (Å²) in [6, 6.07) is 2.44. The van der Waals surface area contributed by atoms with E-state index in [1.165, 1.54) is 12.2 Å². The molecular formula is C9H15N3S. The molecule has 1 aliphatic rings. The summed E-state index contributed by atoms with van der Waals surface area (Å²) in [4.78, 5) is 0. The monoisotopic (exact) mass is 197 g/mol. The molecule has 72 valence electrons. The number of nitrogen functional groups attached to an aromatic ring is 1. The Labute approximate surface area is 82.7 Å². The van der Waals surface area contributed by atoms with Crippen molar-refractivity contribution in [2.45, 2.75) is 31.6 Å². The molecule has 2 N–H and O–H groups in total. The molecule has 0 amide bonds. The summed E-state index contributed by atoms with van der Waals surface area (Å²) in [6.07, 6.45) is 1.19. The van der Waals surface area contributed by atoms with Gasteiger partial charge in [0.15, 0.2) is 0 Å². The second-order valence-electron chi connectivity index (χ2n) is 3.59. The summed E-state index contributed by atoms with van der Waals surface area (Å²) >= 11 is 2.00. The van der Waals surface area contributed by atoms with Gasteiger partial charge in [-0.3, -0.25) is 0 Å². The molecule has 0 spiro atoms. The van der Waals surface area contributed by atoms with Gasteiger partial charge in [-0.05, 0) is 19.1 Å². The highest BCUT2D eigenvalue weighted by atomic mass is 32.2. The number of thioether (sulfide) groups is 1. The van der Waals surface area contributed by atoms with Crippen molar-refractivity contribution in [3.05, 3.63) is 11.8 Å². The number of rotatable bonds is 1. The minimum Gasteiger partial charge on any atom is -0.384 e. The van der Waals surface area contributed by atoms with Gasteiger partial charge in [-0.2, -0.15) is 16.9 Å². The van der Waals surface area contributed by atoms with Gasteiger partial charge in [-0.25, -0.2) is 4.68 Å². The van der Waals surface area contributed by atoms with Crippen LogP contribution in [0.5, 0.6) is 0 Å². The summed E-state index contributed by atoms with van der Waals surface area (Å²) in [7, 11) is 0. The van der Waals surface area contributed by atoms with E-state index < -0.39 is 0 Å². The Morgan fingerprint density at radius 2 is 2.46 bits per heavy atom. The number of anilines is 1. The lowest BCUT2D eigenvalue weighted by atomic mass is 10.2. The topological polar surface area (TPSA) is 43.8 Å². The van der Waals surface area contributed by atoms with Crippen molar-refractivity contribution in [2.24, 2.45) is 0 Å². The maximum absolute atomic E-state index is 5.87. The first-order valence-corrected chi connectivity index (χ1v) is 5.66. The molecule has 4 heteroatoms. The fourth-order valence-corrected chi connectivity index (χ4v) is 3.07. The maximum Gasteiger partial charge on any atom is 0.122 e. The van der Waals surface area contributed by atoms with Crippen LogP contribution in [0.3, 0.4) is 0 Å². The van der Waals surface area contributed by atoms with Crippen LogP contribution in [0.15, 0.2) is 6.07 Å². The number of nitrogens with two attached hydrogens (primary N) is 1. The van der Waals surface area contributed by atoms with Crippen LogP contribution >= 0.6 is 11.8 Å². The molecule has 2 rings (SSSR count). The van der Waals surface area contributed by atoms with Gasteiger partial charge in [-0.1, -0.05) is 6.92 Å². The molecule has 1 saturated heterocycles. The van der Waals surface area contributed by atoms with Crippen molar-refractivity contribution in [3.63, 3.8) is 0 Å². The zero-order valence-electron chi connectivity index (χ0n) is 8.03. The molecule has 13 heavy (non-hydrogen) atoms. The highest BCUT2D eigenvalue weighted by Gasteiger charge is 2.27. The van der Waals surface area contributed by atoms with Crippen molar-refractivity contribution in [3.8, 4) is 0 Å². The van der Waals surface area contributed by atoms with Crippen LogP contribution in [-0.4, -0.2) is 20.8 Å². The number of hydrogen-bond acceptors (Lipinski definition) is 3. The first-order chi connectivity index (χ1) is 6.18. The van der Waals surface area contributed by atoms with Crippen LogP contribution in [0.25, 0.3) is 0 Å². The van der Waals surface area contributed by atoms with Gasteiger partial charge in [0.2, 0.25) is 0 Å². The summed E-state index contributed by atoms with van der Waals surface area (Å²) in [6.45, 7) is 4.23. The van der Waals surface area contributed by atoms with E-state index in [4.69, 9.17) is 5.73 Å². The number of nitrogens with zero attached hydrogens (tertiary/aromatic N) is 2. The molecule has 2 atom stereocenters. The van der Waals surface area contributed by atoms with Gasteiger partial charge < -0.3 is 5.73 Å². The largest absolute Gasteiger partial charge is 0.384 e. The van der Waals surface area contributed by atoms with Crippen LogP contribution in [0.4, 0.5) is 5.82 Å². The van der Waals surface area contributed by atoms with Crippen molar-refractivity contribution in [2.75, 3.05) is 11.5 Å². The average Bonchev–Trinajstić information content (AvgIpc) is 2.58. The normalized spacial score (nSPS) is 28.2. The molecule has 3 nitrogen and oxygen atoms in total.